The van der Waals surface area contributed by atoms with Gasteiger partial charge >= 0.3 is 0 Å². The molecule has 0 fully saturated rings. The van der Waals surface area contributed by atoms with E-state index in [2.05, 4.69) is 9.93 Å². The lowest BCUT2D eigenvalue weighted by atomic mass is 10.0. The molecule has 0 aromatic heterocycles. The molecule has 0 unspecified atom stereocenters. The first-order chi connectivity index (χ1) is 13.0. The van der Waals surface area contributed by atoms with Crippen LogP contribution in [0.25, 0.3) is 10.8 Å². The average Bonchev–Trinajstić information content (AvgIpc) is 2.69. The number of rotatable bonds is 6. The SMILES string of the molecule is COc1ccc(S(=O)(=O)N/N=C\c2c(O)ccc3ccccc23)c(OC)c1. The van der Waals surface area contributed by atoms with Gasteiger partial charge < -0.3 is 14.6 Å². The number of ether oxygens (including phenoxy) is 2. The molecule has 0 saturated carbocycles. The number of aromatic hydroxyl groups is 1. The Morgan fingerprint density at radius 2 is 1.81 bits per heavy atom. The first-order valence-electron chi connectivity index (χ1n) is 7.94. The molecule has 3 aromatic rings. The molecule has 27 heavy (non-hydrogen) atoms. The second kappa shape index (κ2) is 7.55. The quantitative estimate of drug-likeness (QED) is 0.502. The number of hydrogen-bond donors (Lipinski definition) is 2. The highest BCUT2D eigenvalue weighted by molar-refractivity contribution is 7.89. The average molecular weight is 386 g/mol. The van der Waals surface area contributed by atoms with Crippen LogP contribution < -0.4 is 14.3 Å². The molecule has 0 aliphatic rings. The van der Waals surface area contributed by atoms with Gasteiger partial charge in [0.15, 0.2) is 0 Å². The number of benzene rings is 3. The van der Waals surface area contributed by atoms with Gasteiger partial charge in [-0.2, -0.15) is 18.4 Å². The molecule has 8 heteroatoms. The van der Waals surface area contributed by atoms with E-state index in [0.29, 0.717) is 11.3 Å². The van der Waals surface area contributed by atoms with Gasteiger partial charge in [0, 0.05) is 11.6 Å². The third kappa shape index (κ3) is 3.80. The van der Waals surface area contributed by atoms with E-state index in [9.17, 15) is 13.5 Å². The minimum Gasteiger partial charge on any atom is -0.507 e. The molecule has 0 amide bonds. The molecule has 0 atom stereocenters. The zero-order valence-electron chi connectivity index (χ0n) is 14.7. The first kappa shape index (κ1) is 18.5. The third-order valence-corrected chi connectivity index (χ3v) is 5.24. The lowest BCUT2D eigenvalue weighted by molar-refractivity contribution is 0.386. The molecule has 2 N–H and O–H groups in total. The van der Waals surface area contributed by atoms with Crippen LogP contribution in [0.3, 0.4) is 0 Å². The van der Waals surface area contributed by atoms with Crippen molar-refractivity contribution in [3.8, 4) is 17.2 Å². The lowest BCUT2D eigenvalue weighted by Gasteiger charge is -2.10. The summed E-state index contributed by atoms with van der Waals surface area (Å²) in [6.07, 6.45) is 1.27. The second-order valence-corrected chi connectivity index (χ2v) is 7.22. The maximum absolute atomic E-state index is 12.5. The number of hydrogen-bond acceptors (Lipinski definition) is 6. The van der Waals surface area contributed by atoms with Crippen molar-refractivity contribution in [3.63, 3.8) is 0 Å². The van der Waals surface area contributed by atoms with Crippen molar-refractivity contribution in [2.75, 3.05) is 14.2 Å². The Balaban J connectivity index is 1.92. The summed E-state index contributed by atoms with van der Waals surface area (Å²) in [5.74, 6) is 0.596. The standard InChI is InChI=1S/C19H18N2O5S/c1-25-14-8-10-19(18(11-14)26-2)27(23,24)21-20-12-16-15-6-4-3-5-13(15)7-9-17(16)22/h3-12,21-22H,1-2H3/b20-12-. The Morgan fingerprint density at radius 1 is 1.04 bits per heavy atom. The number of methoxy groups -OCH3 is 2. The first-order valence-corrected chi connectivity index (χ1v) is 9.42. The lowest BCUT2D eigenvalue weighted by Crippen LogP contribution is -2.19. The van der Waals surface area contributed by atoms with E-state index in [1.54, 1.807) is 6.07 Å². The topological polar surface area (TPSA) is 97.2 Å². The maximum Gasteiger partial charge on any atom is 0.280 e. The summed E-state index contributed by atoms with van der Waals surface area (Å²) in [7, 11) is -1.13. The van der Waals surface area contributed by atoms with Gasteiger partial charge in [0.2, 0.25) is 0 Å². The number of sulfonamides is 1. The Hall–Kier alpha value is -3.26. The van der Waals surface area contributed by atoms with Crippen LogP contribution >= 0.6 is 0 Å². The van der Waals surface area contributed by atoms with Crippen molar-refractivity contribution in [3.05, 3.63) is 60.2 Å². The summed E-state index contributed by atoms with van der Waals surface area (Å²) >= 11 is 0. The van der Waals surface area contributed by atoms with Gasteiger partial charge in [-0.1, -0.05) is 30.3 Å². The Labute approximate surface area is 156 Å². The predicted molar refractivity (Wildman–Crippen MR) is 103 cm³/mol. The van der Waals surface area contributed by atoms with Crippen LogP contribution in [0.2, 0.25) is 0 Å². The summed E-state index contributed by atoms with van der Waals surface area (Å²) in [6.45, 7) is 0. The van der Waals surface area contributed by atoms with Crippen LogP contribution in [-0.4, -0.2) is 34.0 Å². The molecule has 0 bridgehead atoms. The number of nitrogens with one attached hydrogen (secondary N) is 1. The van der Waals surface area contributed by atoms with Gasteiger partial charge in [-0.25, -0.2) is 0 Å². The van der Waals surface area contributed by atoms with Crippen LogP contribution in [0, 0.1) is 0 Å². The molecule has 0 radical (unpaired) electrons. The van der Waals surface area contributed by atoms with E-state index in [4.69, 9.17) is 9.47 Å². The van der Waals surface area contributed by atoms with E-state index in [1.807, 2.05) is 24.3 Å². The van der Waals surface area contributed by atoms with E-state index in [-0.39, 0.29) is 16.4 Å². The zero-order chi connectivity index (χ0) is 19.4. The molecule has 7 nitrogen and oxygen atoms in total. The summed E-state index contributed by atoms with van der Waals surface area (Å²) in [5, 5.41) is 15.6. The summed E-state index contributed by atoms with van der Waals surface area (Å²) in [5.41, 5.74) is 0.414. The monoisotopic (exact) mass is 386 g/mol. The number of hydrazone groups is 1. The summed E-state index contributed by atoms with van der Waals surface area (Å²) in [4.78, 5) is 2.06. The Bertz CT molecular complexity index is 1110. The van der Waals surface area contributed by atoms with E-state index >= 15 is 0 Å². The van der Waals surface area contributed by atoms with Gasteiger partial charge in [-0.3, -0.25) is 0 Å². The maximum atomic E-state index is 12.5. The van der Waals surface area contributed by atoms with Crippen LogP contribution in [-0.2, 0) is 10.0 Å². The van der Waals surface area contributed by atoms with E-state index < -0.39 is 10.0 Å². The molecule has 3 aromatic carbocycles. The highest BCUT2D eigenvalue weighted by Gasteiger charge is 2.19. The van der Waals surface area contributed by atoms with E-state index in [0.717, 1.165) is 10.8 Å². The van der Waals surface area contributed by atoms with Crippen LogP contribution in [0.15, 0.2) is 64.6 Å². The van der Waals surface area contributed by atoms with Crippen molar-refractivity contribution >= 4 is 27.0 Å². The smallest absolute Gasteiger partial charge is 0.280 e. The minimum atomic E-state index is -3.97. The largest absolute Gasteiger partial charge is 0.507 e. The fraction of sp³-hybridized carbons (Fsp3) is 0.105. The Morgan fingerprint density at radius 3 is 2.56 bits per heavy atom. The molecule has 0 spiro atoms. The van der Waals surface area contributed by atoms with Crippen molar-refractivity contribution in [1.82, 2.24) is 4.83 Å². The van der Waals surface area contributed by atoms with Crippen molar-refractivity contribution in [2.24, 2.45) is 5.10 Å². The number of fused-ring (bicyclic) bond motifs is 1. The fourth-order valence-electron chi connectivity index (χ4n) is 2.63. The normalized spacial score (nSPS) is 11.6. The predicted octanol–water partition coefficient (Wildman–Crippen LogP) is 2.88. The van der Waals surface area contributed by atoms with Crippen molar-refractivity contribution < 1.29 is 23.0 Å². The third-order valence-electron chi connectivity index (χ3n) is 3.97. The molecule has 0 saturated heterocycles. The van der Waals surface area contributed by atoms with Crippen LogP contribution in [0.1, 0.15) is 5.56 Å². The highest BCUT2D eigenvalue weighted by atomic mass is 32.2. The summed E-state index contributed by atoms with van der Waals surface area (Å²) in [6, 6.07) is 15.1. The Kier molecular flexibility index (Phi) is 5.18. The molecule has 3 rings (SSSR count). The number of phenolic OH excluding ortho intramolecular Hbond substituents is 1. The number of phenols is 1. The molecule has 0 aliphatic heterocycles. The van der Waals surface area contributed by atoms with Gasteiger partial charge in [-0.05, 0) is 29.0 Å². The van der Waals surface area contributed by atoms with Crippen LogP contribution in [0.4, 0.5) is 0 Å². The highest BCUT2D eigenvalue weighted by Crippen LogP contribution is 2.28. The van der Waals surface area contributed by atoms with Crippen molar-refractivity contribution in [2.45, 2.75) is 4.90 Å². The van der Waals surface area contributed by atoms with Gasteiger partial charge in [-0.15, -0.1) is 0 Å². The minimum absolute atomic E-state index is 0.00123. The molecular weight excluding hydrogens is 368 g/mol. The molecule has 0 aliphatic carbocycles. The second-order valence-electron chi connectivity index (χ2n) is 5.59. The van der Waals surface area contributed by atoms with Gasteiger partial charge in [0.25, 0.3) is 10.0 Å². The van der Waals surface area contributed by atoms with Gasteiger partial charge in [0.05, 0.1) is 20.4 Å². The zero-order valence-corrected chi connectivity index (χ0v) is 15.5. The molecular formula is C19H18N2O5S. The summed E-state index contributed by atoms with van der Waals surface area (Å²) < 4.78 is 35.3. The van der Waals surface area contributed by atoms with Gasteiger partial charge in [0.1, 0.15) is 22.1 Å². The van der Waals surface area contributed by atoms with Crippen molar-refractivity contribution in [1.29, 1.82) is 0 Å². The molecule has 140 valence electrons. The fourth-order valence-corrected chi connectivity index (χ4v) is 3.57. The van der Waals surface area contributed by atoms with Crippen LogP contribution in [0.5, 0.6) is 17.2 Å². The van der Waals surface area contributed by atoms with E-state index in [1.165, 1.54) is 44.7 Å². The molecule has 0 heterocycles. The number of nitrogens with zero attached hydrogens (tertiary/aromatic N) is 1.